The molecule has 0 saturated carbocycles. The third kappa shape index (κ3) is 6.99. The number of hydrogen-bond donors (Lipinski definition) is 2. The van der Waals surface area contributed by atoms with Gasteiger partial charge in [0.05, 0.1) is 5.56 Å². The predicted molar refractivity (Wildman–Crippen MR) is 128 cm³/mol. The van der Waals surface area contributed by atoms with Gasteiger partial charge in [0, 0.05) is 44.0 Å². The maximum absolute atomic E-state index is 13.5. The second kappa shape index (κ2) is 10.7. The third-order valence-electron chi connectivity index (χ3n) is 5.76. The Balaban J connectivity index is 1.57. The zero-order valence-corrected chi connectivity index (χ0v) is 19.9. The first-order chi connectivity index (χ1) is 15.6. The Bertz CT molecular complexity index is 971. The summed E-state index contributed by atoms with van der Waals surface area (Å²) in [4.78, 5) is 34.0. The smallest absolute Gasteiger partial charge is 0.257 e. The van der Waals surface area contributed by atoms with Crippen molar-refractivity contribution in [3.05, 3.63) is 54.0 Å². The van der Waals surface area contributed by atoms with Crippen molar-refractivity contribution in [3.8, 4) is 0 Å². The van der Waals surface area contributed by atoms with Gasteiger partial charge in [0.25, 0.3) is 5.91 Å². The Kier molecular flexibility index (Phi) is 8.02. The molecule has 1 aromatic carbocycles. The van der Waals surface area contributed by atoms with E-state index in [9.17, 15) is 14.0 Å². The number of aromatic nitrogens is 1. The van der Waals surface area contributed by atoms with Crippen LogP contribution < -0.4 is 10.6 Å². The number of piperidine rings is 1. The fraction of sp³-hybridized carbons (Fsp3) is 0.480. The van der Waals surface area contributed by atoms with Crippen LogP contribution in [0.2, 0.25) is 0 Å². The summed E-state index contributed by atoms with van der Waals surface area (Å²) < 4.78 is 13.5. The number of nitrogens with zero attached hydrogens (tertiary/aromatic N) is 3. The summed E-state index contributed by atoms with van der Waals surface area (Å²) in [7, 11) is 4.05. The highest BCUT2D eigenvalue weighted by Gasteiger charge is 2.30. The highest BCUT2D eigenvalue weighted by atomic mass is 19.1. The van der Waals surface area contributed by atoms with Crippen molar-refractivity contribution in [2.24, 2.45) is 11.3 Å². The van der Waals surface area contributed by atoms with E-state index in [4.69, 9.17) is 0 Å². The summed E-state index contributed by atoms with van der Waals surface area (Å²) in [5.41, 5.74) is 0.937. The van der Waals surface area contributed by atoms with E-state index in [0.29, 0.717) is 49.5 Å². The largest absolute Gasteiger partial charge is 0.355 e. The van der Waals surface area contributed by atoms with Crippen LogP contribution in [0.1, 0.15) is 37.0 Å². The molecule has 8 heteroatoms. The van der Waals surface area contributed by atoms with E-state index in [-0.39, 0.29) is 29.0 Å². The van der Waals surface area contributed by atoms with E-state index in [1.165, 1.54) is 12.1 Å². The van der Waals surface area contributed by atoms with E-state index in [2.05, 4.69) is 34.4 Å². The second-order valence-electron chi connectivity index (χ2n) is 9.72. The molecule has 0 bridgehead atoms. The molecule has 2 heterocycles. The number of halogens is 1. The van der Waals surface area contributed by atoms with Gasteiger partial charge in [-0.05, 0) is 62.7 Å². The molecule has 1 fully saturated rings. The van der Waals surface area contributed by atoms with Gasteiger partial charge in [-0.1, -0.05) is 19.9 Å². The summed E-state index contributed by atoms with van der Waals surface area (Å²) in [6, 6.07) is 9.45. The predicted octanol–water partition coefficient (Wildman–Crippen LogP) is 3.52. The van der Waals surface area contributed by atoms with Gasteiger partial charge in [0.2, 0.25) is 5.91 Å². The molecule has 0 spiro atoms. The van der Waals surface area contributed by atoms with E-state index in [0.717, 1.165) is 6.54 Å². The van der Waals surface area contributed by atoms with Gasteiger partial charge < -0.3 is 20.4 Å². The van der Waals surface area contributed by atoms with Crippen molar-refractivity contribution in [1.82, 2.24) is 20.1 Å². The van der Waals surface area contributed by atoms with E-state index in [1.54, 1.807) is 35.4 Å². The minimum atomic E-state index is -0.366. The van der Waals surface area contributed by atoms with Crippen LogP contribution >= 0.6 is 0 Å². The summed E-state index contributed by atoms with van der Waals surface area (Å²) >= 11 is 0. The van der Waals surface area contributed by atoms with Crippen molar-refractivity contribution in [2.45, 2.75) is 26.7 Å². The SMILES string of the molecule is CN(C)CC(C)(C)CNC(=O)C1CCN(C(=O)c2cccnc2Nc2cccc(F)c2)CC1. The molecule has 0 radical (unpaired) electrons. The minimum Gasteiger partial charge on any atom is -0.355 e. The lowest BCUT2D eigenvalue weighted by Crippen LogP contribution is -2.46. The number of benzene rings is 1. The summed E-state index contributed by atoms with van der Waals surface area (Å²) in [6.07, 6.45) is 2.84. The number of carbonyl (C=O) groups is 2. The van der Waals surface area contributed by atoms with Crippen LogP contribution in [0.15, 0.2) is 42.6 Å². The molecule has 33 heavy (non-hydrogen) atoms. The molecule has 0 atom stereocenters. The number of likely N-dealkylation sites (tertiary alicyclic amines) is 1. The molecule has 1 aliphatic heterocycles. The first kappa shape index (κ1) is 24.6. The Labute approximate surface area is 195 Å². The van der Waals surface area contributed by atoms with Crippen LogP contribution in [0.25, 0.3) is 0 Å². The van der Waals surface area contributed by atoms with Crippen molar-refractivity contribution in [1.29, 1.82) is 0 Å². The van der Waals surface area contributed by atoms with E-state index < -0.39 is 0 Å². The van der Waals surface area contributed by atoms with Crippen molar-refractivity contribution < 1.29 is 14.0 Å². The van der Waals surface area contributed by atoms with Crippen molar-refractivity contribution in [3.63, 3.8) is 0 Å². The van der Waals surface area contributed by atoms with Crippen LogP contribution in [0.4, 0.5) is 15.9 Å². The molecule has 7 nitrogen and oxygen atoms in total. The molecular formula is C25H34FN5O2. The van der Waals surface area contributed by atoms with Crippen LogP contribution in [0.5, 0.6) is 0 Å². The average Bonchev–Trinajstić information content (AvgIpc) is 2.77. The van der Waals surface area contributed by atoms with Gasteiger partial charge in [-0.25, -0.2) is 9.37 Å². The lowest BCUT2D eigenvalue weighted by atomic mass is 9.91. The molecule has 2 aromatic rings. The number of anilines is 2. The standard InChI is InChI=1S/C25H34FN5O2/c1-25(2,17-30(3)4)16-28-23(32)18-10-13-31(14-11-18)24(33)21-9-6-12-27-22(21)29-20-8-5-7-19(26)15-20/h5-9,12,15,18H,10-11,13-14,16-17H2,1-4H3,(H,27,29)(H,28,32). The quantitative estimate of drug-likeness (QED) is 0.637. The first-order valence-electron chi connectivity index (χ1n) is 11.3. The molecule has 1 aromatic heterocycles. The van der Waals surface area contributed by atoms with Gasteiger partial charge >= 0.3 is 0 Å². The topological polar surface area (TPSA) is 77.6 Å². The zero-order chi connectivity index (χ0) is 24.0. The molecule has 3 rings (SSSR count). The number of rotatable bonds is 8. The Morgan fingerprint density at radius 2 is 1.91 bits per heavy atom. The number of amides is 2. The maximum atomic E-state index is 13.5. The number of nitrogens with one attached hydrogen (secondary N) is 2. The van der Waals surface area contributed by atoms with Crippen LogP contribution in [0.3, 0.4) is 0 Å². The van der Waals surface area contributed by atoms with Crippen LogP contribution in [-0.4, -0.2) is 66.9 Å². The average molecular weight is 456 g/mol. The molecule has 2 amide bonds. The summed E-state index contributed by atoms with van der Waals surface area (Å²) in [6.45, 7) is 6.79. The Morgan fingerprint density at radius 1 is 1.18 bits per heavy atom. The van der Waals surface area contributed by atoms with Crippen molar-refractivity contribution in [2.75, 3.05) is 45.6 Å². The highest BCUT2D eigenvalue weighted by molar-refractivity contribution is 5.99. The van der Waals surface area contributed by atoms with Gasteiger partial charge in [0.15, 0.2) is 0 Å². The normalized spacial score (nSPS) is 14.9. The number of hydrogen-bond acceptors (Lipinski definition) is 5. The van der Waals surface area contributed by atoms with Gasteiger partial charge in [-0.15, -0.1) is 0 Å². The lowest BCUT2D eigenvalue weighted by molar-refractivity contribution is -0.126. The molecule has 0 unspecified atom stereocenters. The zero-order valence-electron chi connectivity index (χ0n) is 19.9. The molecule has 1 saturated heterocycles. The summed E-state index contributed by atoms with van der Waals surface area (Å²) in [5, 5.41) is 6.13. The van der Waals surface area contributed by atoms with Gasteiger partial charge in [-0.3, -0.25) is 9.59 Å². The fourth-order valence-corrected chi connectivity index (χ4v) is 4.28. The van der Waals surface area contributed by atoms with Crippen molar-refractivity contribution >= 4 is 23.3 Å². The maximum Gasteiger partial charge on any atom is 0.257 e. The van der Waals surface area contributed by atoms with Crippen LogP contribution in [0, 0.1) is 17.2 Å². The Morgan fingerprint density at radius 3 is 2.58 bits per heavy atom. The molecular weight excluding hydrogens is 421 g/mol. The molecule has 0 aliphatic carbocycles. The Hall–Kier alpha value is -3.00. The fourth-order valence-electron chi connectivity index (χ4n) is 4.28. The molecule has 2 N–H and O–H groups in total. The third-order valence-corrected chi connectivity index (χ3v) is 5.76. The van der Waals surface area contributed by atoms with Gasteiger partial charge in [-0.2, -0.15) is 0 Å². The highest BCUT2D eigenvalue weighted by Crippen LogP contribution is 2.24. The van der Waals surface area contributed by atoms with Gasteiger partial charge in [0.1, 0.15) is 11.6 Å². The van der Waals surface area contributed by atoms with E-state index in [1.807, 2.05) is 14.1 Å². The minimum absolute atomic E-state index is 0.0127. The second-order valence-corrected chi connectivity index (χ2v) is 9.72. The lowest BCUT2D eigenvalue weighted by Gasteiger charge is -2.33. The number of pyridine rings is 1. The molecule has 178 valence electrons. The number of carbonyl (C=O) groups excluding carboxylic acids is 2. The summed E-state index contributed by atoms with van der Waals surface area (Å²) in [5.74, 6) is -0.162. The van der Waals surface area contributed by atoms with Crippen LogP contribution in [-0.2, 0) is 4.79 Å². The molecule has 1 aliphatic rings. The first-order valence-corrected chi connectivity index (χ1v) is 11.3. The monoisotopic (exact) mass is 455 g/mol. The van der Waals surface area contributed by atoms with E-state index >= 15 is 0 Å².